The van der Waals surface area contributed by atoms with Crippen molar-refractivity contribution in [1.82, 2.24) is 0 Å². The summed E-state index contributed by atoms with van der Waals surface area (Å²) in [6.07, 6.45) is 2.79. The maximum Gasteiger partial charge on any atom is 0.0621 e. The molecule has 1 rings (SSSR count). The van der Waals surface area contributed by atoms with Crippen LogP contribution in [0.2, 0.25) is 5.02 Å². The molecule has 0 aromatic heterocycles. The topological polar surface area (TPSA) is 23.8 Å². The monoisotopic (exact) mass is 239 g/mol. The van der Waals surface area contributed by atoms with Crippen molar-refractivity contribution in [2.24, 2.45) is 0 Å². The summed E-state index contributed by atoms with van der Waals surface area (Å²) in [7, 11) is 0. The maximum absolute atomic E-state index is 8.36. The van der Waals surface area contributed by atoms with Crippen LogP contribution in [0.1, 0.15) is 24.8 Å². The highest BCUT2D eigenvalue weighted by atomic mass is 35.5. The van der Waals surface area contributed by atoms with Gasteiger partial charge in [0.2, 0.25) is 0 Å². The summed E-state index contributed by atoms with van der Waals surface area (Å²) in [4.78, 5) is 0. The fourth-order valence-electron chi connectivity index (χ4n) is 1.21. The molecule has 80 valence electrons. The molecule has 0 aliphatic heterocycles. The standard InChI is InChI=1S/C12H14ClNS/c13-12-7-3-2-6-11(12)10-15-9-5-1-4-8-14/h2-3,6-7H,1,4-5,9-10H2. The van der Waals surface area contributed by atoms with E-state index in [0.29, 0.717) is 6.42 Å². The molecular weight excluding hydrogens is 226 g/mol. The summed E-state index contributed by atoms with van der Waals surface area (Å²) in [5.41, 5.74) is 1.20. The lowest BCUT2D eigenvalue weighted by atomic mass is 10.2. The quantitative estimate of drug-likeness (QED) is 0.693. The lowest BCUT2D eigenvalue weighted by Crippen LogP contribution is -1.85. The number of benzene rings is 1. The first kappa shape index (κ1) is 12.4. The molecule has 0 aliphatic carbocycles. The Labute approximate surface area is 100 Å². The van der Waals surface area contributed by atoms with E-state index in [4.69, 9.17) is 16.9 Å². The molecule has 0 aliphatic rings. The predicted molar refractivity (Wildman–Crippen MR) is 67.1 cm³/mol. The molecule has 0 amide bonds. The van der Waals surface area contributed by atoms with Crippen molar-refractivity contribution in [1.29, 1.82) is 5.26 Å². The molecule has 1 aromatic rings. The van der Waals surface area contributed by atoms with Crippen molar-refractivity contribution >= 4 is 23.4 Å². The van der Waals surface area contributed by atoms with Gasteiger partial charge in [0.15, 0.2) is 0 Å². The second kappa shape index (κ2) is 7.62. The minimum atomic E-state index is 0.673. The molecule has 1 nitrogen and oxygen atoms in total. The third-order valence-electron chi connectivity index (χ3n) is 2.04. The number of nitrogens with zero attached hydrogens (tertiary/aromatic N) is 1. The van der Waals surface area contributed by atoms with Crippen LogP contribution in [0.25, 0.3) is 0 Å². The van der Waals surface area contributed by atoms with Crippen LogP contribution in [0, 0.1) is 11.3 Å². The first-order valence-corrected chi connectivity index (χ1v) is 6.56. The Kier molecular flexibility index (Phi) is 6.31. The van der Waals surface area contributed by atoms with Gasteiger partial charge in [-0.15, -0.1) is 0 Å². The van der Waals surface area contributed by atoms with E-state index in [0.717, 1.165) is 29.4 Å². The third-order valence-corrected chi connectivity index (χ3v) is 3.50. The number of unbranched alkanes of at least 4 members (excludes halogenated alkanes) is 2. The van der Waals surface area contributed by atoms with Gasteiger partial charge >= 0.3 is 0 Å². The second-order valence-corrected chi connectivity index (χ2v) is 4.77. The molecule has 15 heavy (non-hydrogen) atoms. The Morgan fingerprint density at radius 3 is 2.80 bits per heavy atom. The van der Waals surface area contributed by atoms with Gasteiger partial charge in [-0.3, -0.25) is 0 Å². The number of hydrogen-bond donors (Lipinski definition) is 0. The molecule has 0 radical (unpaired) electrons. The molecule has 0 fully saturated rings. The van der Waals surface area contributed by atoms with Crippen molar-refractivity contribution < 1.29 is 0 Å². The van der Waals surface area contributed by atoms with Gasteiger partial charge in [0.05, 0.1) is 6.07 Å². The largest absolute Gasteiger partial charge is 0.198 e. The van der Waals surface area contributed by atoms with E-state index in [-0.39, 0.29) is 0 Å². The lowest BCUT2D eigenvalue weighted by Gasteiger charge is -2.03. The normalized spacial score (nSPS) is 9.87. The molecule has 0 heterocycles. The zero-order valence-electron chi connectivity index (χ0n) is 8.58. The molecule has 0 saturated heterocycles. The summed E-state index contributed by atoms with van der Waals surface area (Å²) < 4.78 is 0. The summed E-state index contributed by atoms with van der Waals surface area (Å²) in [6.45, 7) is 0. The number of thioether (sulfide) groups is 1. The van der Waals surface area contributed by atoms with Crippen molar-refractivity contribution in [3.63, 3.8) is 0 Å². The van der Waals surface area contributed by atoms with E-state index in [1.807, 2.05) is 30.0 Å². The molecule has 0 unspecified atom stereocenters. The molecule has 1 aromatic carbocycles. The molecular formula is C12H14ClNS. The van der Waals surface area contributed by atoms with Gasteiger partial charge in [0.25, 0.3) is 0 Å². The predicted octanol–water partition coefficient (Wildman–Crippen LogP) is 4.27. The Bertz CT molecular complexity index is 333. The molecule has 0 N–H and O–H groups in total. The van der Waals surface area contributed by atoms with Gasteiger partial charge < -0.3 is 0 Å². The van der Waals surface area contributed by atoms with E-state index in [9.17, 15) is 0 Å². The Morgan fingerprint density at radius 2 is 2.07 bits per heavy atom. The summed E-state index contributed by atoms with van der Waals surface area (Å²) >= 11 is 7.91. The van der Waals surface area contributed by atoms with Crippen LogP contribution >= 0.6 is 23.4 Å². The molecule has 0 spiro atoms. The lowest BCUT2D eigenvalue weighted by molar-refractivity contribution is 0.830. The number of rotatable bonds is 6. The van der Waals surface area contributed by atoms with E-state index < -0.39 is 0 Å². The third kappa shape index (κ3) is 5.11. The molecule has 3 heteroatoms. The van der Waals surface area contributed by atoms with Gasteiger partial charge in [-0.1, -0.05) is 29.8 Å². The van der Waals surface area contributed by atoms with Gasteiger partial charge in [-0.2, -0.15) is 17.0 Å². The average Bonchev–Trinajstić information content (AvgIpc) is 2.25. The van der Waals surface area contributed by atoms with E-state index in [1.165, 1.54) is 5.56 Å². The average molecular weight is 240 g/mol. The second-order valence-electron chi connectivity index (χ2n) is 3.26. The van der Waals surface area contributed by atoms with Crippen LogP contribution in [0.4, 0.5) is 0 Å². The first-order valence-electron chi connectivity index (χ1n) is 5.02. The van der Waals surface area contributed by atoms with Crippen LogP contribution in [0.5, 0.6) is 0 Å². The fourth-order valence-corrected chi connectivity index (χ4v) is 2.51. The van der Waals surface area contributed by atoms with Gasteiger partial charge in [0, 0.05) is 17.2 Å². The summed E-state index contributed by atoms with van der Waals surface area (Å²) in [6, 6.07) is 10.1. The zero-order chi connectivity index (χ0) is 10.9. The van der Waals surface area contributed by atoms with E-state index in [2.05, 4.69) is 12.1 Å². The van der Waals surface area contributed by atoms with Gasteiger partial charge in [-0.25, -0.2) is 0 Å². The van der Waals surface area contributed by atoms with Crippen molar-refractivity contribution in [3.05, 3.63) is 34.9 Å². The first-order chi connectivity index (χ1) is 7.34. The van der Waals surface area contributed by atoms with Crippen LogP contribution in [-0.2, 0) is 5.75 Å². The highest BCUT2D eigenvalue weighted by Crippen LogP contribution is 2.21. The summed E-state index contributed by atoms with van der Waals surface area (Å²) in [5.74, 6) is 2.07. The SMILES string of the molecule is N#CCCCCSCc1ccccc1Cl. The van der Waals surface area contributed by atoms with Gasteiger partial charge in [-0.05, 0) is 30.2 Å². The fraction of sp³-hybridized carbons (Fsp3) is 0.417. The zero-order valence-corrected chi connectivity index (χ0v) is 10.2. The van der Waals surface area contributed by atoms with Crippen molar-refractivity contribution in [2.75, 3.05) is 5.75 Å². The number of nitriles is 1. The Morgan fingerprint density at radius 1 is 1.27 bits per heavy atom. The number of halogens is 1. The Balaban J connectivity index is 2.16. The van der Waals surface area contributed by atoms with Crippen molar-refractivity contribution in [2.45, 2.75) is 25.0 Å². The van der Waals surface area contributed by atoms with Crippen LogP contribution < -0.4 is 0 Å². The van der Waals surface area contributed by atoms with Gasteiger partial charge in [0.1, 0.15) is 0 Å². The Hall–Kier alpha value is -0.650. The van der Waals surface area contributed by atoms with Crippen LogP contribution in [-0.4, -0.2) is 5.75 Å². The number of hydrogen-bond acceptors (Lipinski definition) is 2. The van der Waals surface area contributed by atoms with Crippen LogP contribution in [0.3, 0.4) is 0 Å². The maximum atomic E-state index is 8.36. The molecule has 0 atom stereocenters. The van der Waals surface area contributed by atoms with E-state index >= 15 is 0 Å². The minimum Gasteiger partial charge on any atom is -0.198 e. The highest BCUT2D eigenvalue weighted by molar-refractivity contribution is 7.98. The smallest absolute Gasteiger partial charge is 0.0621 e. The van der Waals surface area contributed by atoms with Crippen LogP contribution in [0.15, 0.2) is 24.3 Å². The summed E-state index contributed by atoms with van der Waals surface area (Å²) in [5, 5.41) is 9.21. The molecule has 0 bridgehead atoms. The molecule has 0 saturated carbocycles. The van der Waals surface area contributed by atoms with Crippen molar-refractivity contribution in [3.8, 4) is 6.07 Å². The minimum absolute atomic E-state index is 0.673. The van der Waals surface area contributed by atoms with E-state index in [1.54, 1.807) is 0 Å². The highest BCUT2D eigenvalue weighted by Gasteiger charge is 1.98.